The Hall–Kier alpha value is -2.66. The zero-order valence-corrected chi connectivity index (χ0v) is 13.8. The highest BCUT2D eigenvalue weighted by Crippen LogP contribution is 2.22. The lowest BCUT2D eigenvalue weighted by Crippen LogP contribution is -2.05. The monoisotopic (exact) mass is 342 g/mol. The number of aromatic nitrogens is 2. The number of hydrogen-bond acceptors (Lipinski definition) is 4. The molecule has 6 heteroatoms. The Bertz CT molecular complexity index is 854. The highest BCUT2D eigenvalue weighted by Gasteiger charge is 2.05. The Kier molecular flexibility index (Phi) is 4.91. The first-order valence-electron chi connectivity index (χ1n) is 7.45. The Morgan fingerprint density at radius 3 is 2.75 bits per heavy atom. The molecule has 0 atom stereocenters. The van der Waals surface area contributed by atoms with Crippen LogP contribution in [0.25, 0.3) is 0 Å². The minimum absolute atomic E-state index is 0.241. The van der Waals surface area contributed by atoms with Gasteiger partial charge >= 0.3 is 0 Å². The molecular formula is C18H16ClFN4. The molecule has 2 N–H and O–H groups in total. The third-order valence-corrected chi connectivity index (χ3v) is 3.74. The van der Waals surface area contributed by atoms with E-state index in [1.54, 1.807) is 36.5 Å². The summed E-state index contributed by atoms with van der Waals surface area (Å²) >= 11 is 5.96. The number of halogens is 2. The van der Waals surface area contributed by atoms with Gasteiger partial charge in [0.25, 0.3) is 0 Å². The van der Waals surface area contributed by atoms with Crippen LogP contribution < -0.4 is 10.6 Å². The highest BCUT2D eigenvalue weighted by molar-refractivity contribution is 6.30. The van der Waals surface area contributed by atoms with Crippen molar-refractivity contribution in [2.45, 2.75) is 13.5 Å². The van der Waals surface area contributed by atoms with Gasteiger partial charge in [-0.25, -0.2) is 9.37 Å². The molecule has 0 unspecified atom stereocenters. The molecule has 1 aromatic heterocycles. The van der Waals surface area contributed by atoms with E-state index in [9.17, 15) is 4.39 Å². The average molecular weight is 343 g/mol. The minimum Gasteiger partial charge on any atom is -0.366 e. The van der Waals surface area contributed by atoms with E-state index in [2.05, 4.69) is 20.6 Å². The molecule has 1 heterocycles. The van der Waals surface area contributed by atoms with E-state index in [4.69, 9.17) is 11.6 Å². The topological polar surface area (TPSA) is 49.8 Å². The molecule has 0 radical (unpaired) electrons. The fraction of sp³-hybridized carbons (Fsp3) is 0.111. The summed E-state index contributed by atoms with van der Waals surface area (Å²) in [6.45, 7) is 2.30. The zero-order valence-electron chi connectivity index (χ0n) is 13.1. The van der Waals surface area contributed by atoms with Crippen LogP contribution in [0.3, 0.4) is 0 Å². The average Bonchev–Trinajstić information content (AvgIpc) is 2.57. The summed E-state index contributed by atoms with van der Waals surface area (Å²) < 4.78 is 13.6. The van der Waals surface area contributed by atoms with Crippen molar-refractivity contribution in [2.75, 3.05) is 10.6 Å². The second kappa shape index (κ2) is 7.27. The standard InChI is InChI=1S/C18H16ClFN4/c1-12-10-14(19)6-7-16(12)23-18-21-9-8-17(24-18)22-11-13-4-2-3-5-15(13)20/h2-10H,11H2,1H3,(H2,21,22,23,24). The fourth-order valence-electron chi connectivity index (χ4n) is 2.23. The van der Waals surface area contributed by atoms with Crippen LogP contribution in [0.15, 0.2) is 54.7 Å². The van der Waals surface area contributed by atoms with Gasteiger partial charge in [-0.1, -0.05) is 29.8 Å². The van der Waals surface area contributed by atoms with Crippen molar-refractivity contribution in [3.05, 3.63) is 76.7 Å². The Morgan fingerprint density at radius 2 is 1.96 bits per heavy atom. The molecule has 122 valence electrons. The summed E-state index contributed by atoms with van der Waals surface area (Å²) in [7, 11) is 0. The first-order chi connectivity index (χ1) is 11.6. The van der Waals surface area contributed by atoms with E-state index in [-0.39, 0.29) is 5.82 Å². The van der Waals surface area contributed by atoms with E-state index in [0.29, 0.717) is 28.9 Å². The third-order valence-electron chi connectivity index (χ3n) is 3.51. The highest BCUT2D eigenvalue weighted by atomic mass is 35.5. The molecule has 0 bridgehead atoms. The van der Waals surface area contributed by atoms with Crippen LogP contribution in [0, 0.1) is 12.7 Å². The largest absolute Gasteiger partial charge is 0.366 e. The maximum absolute atomic E-state index is 13.6. The molecule has 0 aliphatic heterocycles. The summed E-state index contributed by atoms with van der Waals surface area (Å²) in [5.74, 6) is 0.829. The summed E-state index contributed by atoms with van der Waals surface area (Å²) in [6.07, 6.45) is 1.64. The van der Waals surface area contributed by atoms with Crippen molar-refractivity contribution in [2.24, 2.45) is 0 Å². The number of nitrogens with zero attached hydrogens (tertiary/aromatic N) is 2. The Balaban J connectivity index is 1.71. The number of nitrogens with one attached hydrogen (secondary N) is 2. The molecule has 4 nitrogen and oxygen atoms in total. The van der Waals surface area contributed by atoms with Gasteiger partial charge < -0.3 is 10.6 Å². The number of rotatable bonds is 5. The van der Waals surface area contributed by atoms with E-state index in [1.807, 2.05) is 19.1 Å². The fourth-order valence-corrected chi connectivity index (χ4v) is 2.46. The minimum atomic E-state index is -0.241. The zero-order chi connectivity index (χ0) is 16.9. The van der Waals surface area contributed by atoms with Crippen molar-refractivity contribution in [3.63, 3.8) is 0 Å². The quantitative estimate of drug-likeness (QED) is 0.690. The van der Waals surface area contributed by atoms with Crippen LogP contribution in [-0.2, 0) is 6.54 Å². The molecule has 0 saturated heterocycles. The lowest BCUT2D eigenvalue weighted by molar-refractivity contribution is 0.613. The van der Waals surface area contributed by atoms with Crippen molar-refractivity contribution in [1.29, 1.82) is 0 Å². The van der Waals surface area contributed by atoms with Crippen molar-refractivity contribution >= 4 is 29.1 Å². The van der Waals surface area contributed by atoms with Crippen LogP contribution >= 0.6 is 11.6 Å². The summed E-state index contributed by atoms with van der Waals surface area (Å²) in [5, 5.41) is 6.93. The molecule has 2 aromatic carbocycles. The van der Waals surface area contributed by atoms with Gasteiger partial charge in [-0.15, -0.1) is 0 Å². The third kappa shape index (κ3) is 4.00. The van der Waals surface area contributed by atoms with Gasteiger partial charge in [-0.3, -0.25) is 0 Å². The Morgan fingerprint density at radius 1 is 1.12 bits per heavy atom. The molecule has 0 saturated carbocycles. The molecule has 0 fully saturated rings. The van der Waals surface area contributed by atoms with Gasteiger partial charge in [0.2, 0.25) is 5.95 Å². The lowest BCUT2D eigenvalue weighted by Gasteiger charge is -2.10. The first kappa shape index (κ1) is 16.2. The molecular weight excluding hydrogens is 327 g/mol. The van der Waals surface area contributed by atoms with Crippen LogP contribution in [0.5, 0.6) is 0 Å². The van der Waals surface area contributed by atoms with Crippen molar-refractivity contribution in [1.82, 2.24) is 9.97 Å². The molecule has 3 aromatic rings. The van der Waals surface area contributed by atoms with Gasteiger partial charge in [0, 0.05) is 29.0 Å². The number of benzene rings is 2. The molecule has 3 rings (SSSR count). The molecule has 0 aliphatic carbocycles. The first-order valence-corrected chi connectivity index (χ1v) is 7.83. The predicted molar refractivity (Wildman–Crippen MR) is 95.2 cm³/mol. The SMILES string of the molecule is Cc1cc(Cl)ccc1Nc1nccc(NCc2ccccc2F)n1. The van der Waals surface area contributed by atoms with E-state index < -0.39 is 0 Å². The van der Waals surface area contributed by atoms with Crippen molar-refractivity contribution in [3.8, 4) is 0 Å². The van der Waals surface area contributed by atoms with E-state index in [1.165, 1.54) is 6.07 Å². The van der Waals surface area contributed by atoms with E-state index >= 15 is 0 Å². The maximum atomic E-state index is 13.6. The summed E-state index contributed by atoms with van der Waals surface area (Å²) in [4.78, 5) is 8.59. The van der Waals surface area contributed by atoms with Gasteiger partial charge in [0.05, 0.1) is 0 Å². The van der Waals surface area contributed by atoms with Gasteiger partial charge in [-0.2, -0.15) is 4.98 Å². The van der Waals surface area contributed by atoms with Gasteiger partial charge in [0.15, 0.2) is 0 Å². The summed E-state index contributed by atoms with van der Waals surface area (Å²) in [6, 6.07) is 13.9. The second-order valence-electron chi connectivity index (χ2n) is 5.29. The van der Waals surface area contributed by atoms with E-state index in [0.717, 1.165) is 11.3 Å². The van der Waals surface area contributed by atoms with Crippen LogP contribution in [-0.4, -0.2) is 9.97 Å². The maximum Gasteiger partial charge on any atom is 0.229 e. The number of hydrogen-bond donors (Lipinski definition) is 2. The predicted octanol–water partition coefficient (Wildman–Crippen LogP) is 4.93. The second-order valence-corrected chi connectivity index (χ2v) is 5.73. The lowest BCUT2D eigenvalue weighted by atomic mass is 10.2. The van der Waals surface area contributed by atoms with Crippen LogP contribution in [0.2, 0.25) is 5.02 Å². The smallest absolute Gasteiger partial charge is 0.229 e. The van der Waals surface area contributed by atoms with Crippen LogP contribution in [0.4, 0.5) is 21.8 Å². The molecule has 0 amide bonds. The number of anilines is 3. The molecule has 24 heavy (non-hydrogen) atoms. The summed E-state index contributed by atoms with van der Waals surface area (Å²) in [5.41, 5.74) is 2.46. The molecule has 0 aliphatic rings. The number of aryl methyl sites for hydroxylation is 1. The van der Waals surface area contributed by atoms with Crippen molar-refractivity contribution < 1.29 is 4.39 Å². The normalized spacial score (nSPS) is 10.5. The van der Waals surface area contributed by atoms with Crippen LogP contribution in [0.1, 0.15) is 11.1 Å². The molecule has 0 spiro atoms. The Labute approximate surface area is 144 Å². The van der Waals surface area contributed by atoms with Gasteiger partial charge in [-0.05, 0) is 42.8 Å². The van der Waals surface area contributed by atoms with Gasteiger partial charge in [0.1, 0.15) is 11.6 Å².